The van der Waals surface area contributed by atoms with E-state index in [1.54, 1.807) is 18.4 Å². The van der Waals surface area contributed by atoms with Crippen LogP contribution in [0.15, 0.2) is 37.9 Å². The number of thioether (sulfide) groups is 1. The van der Waals surface area contributed by atoms with E-state index in [0.29, 0.717) is 16.6 Å². The third kappa shape index (κ3) is 3.14. The topological polar surface area (TPSA) is 73.3 Å². The average molecular weight is 318 g/mol. The Morgan fingerprint density at radius 2 is 2.18 bits per heavy atom. The summed E-state index contributed by atoms with van der Waals surface area (Å²) in [6.45, 7) is 0. The van der Waals surface area contributed by atoms with Gasteiger partial charge in [0.25, 0.3) is 5.56 Å². The quantitative estimate of drug-likeness (QED) is 0.640. The van der Waals surface area contributed by atoms with E-state index in [0.717, 1.165) is 25.7 Å². The average Bonchev–Trinajstić information content (AvgIpc) is 3.07. The van der Waals surface area contributed by atoms with E-state index >= 15 is 0 Å². The predicted octanol–water partition coefficient (Wildman–Crippen LogP) is 2.88. The van der Waals surface area contributed by atoms with Gasteiger partial charge in [0.15, 0.2) is 0 Å². The van der Waals surface area contributed by atoms with Crippen LogP contribution >= 0.6 is 11.8 Å². The zero-order valence-electron chi connectivity index (χ0n) is 12.4. The molecule has 22 heavy (non-hydrogen) atoms. The Morgan fingerprint density at radius 1 is 1.36 bits per heavy atom. The SMILES string of the molecule is CSc1nnc(C2CCCCC2)c(=O)n1/N=C\c1ccco1. The molecule has 2 aromatic rings. The maximum Gasteiger partial charge on any atom is 0.297 e. The van der Waals surface area contributed by atoms with Crippen LogP contribution in [0.2, 0.25) is 0 Å². The first kappa shape index (κ1) is 15.0. The fraction of sp³-hybridized carbons (Fsp3) is 0.467. The molecule has 1 saturated carbocycles. The van der Waals surface area contributed by atoms with Gasteiger partial charge < -0.3 is 4.42 Å². The molecule has 0 aliphatic heterocycles. The van der Waals surface area contributed by atoms with Gasteiger partial charge in [0.05, 0.1) is 12.5 Å². The Morgan fingerprint density at radius 3 is 2.86 bits per heavy atom. The first-order valence-corrected chi connectivity index (χ1v) is 8.63. The molecular formula is C15H18N4O2S. The Hall–Kier alpha value is -1.89. The highest BCUT2D eigenvalue weighted by Gasteiger charge is 2.22. The summed E-state index contributed by atoms with van der Waals surface area (Å²) in [7, 11) is 0. The first-order valence-electron chi connectivity index (χ1n) is 7.41. The summed E-state index contributed by atoms with van der Waals surface area (Å²) in [5.74, 6) is 0.796. The lowest BCUT2D eigenvalue weighted by Crippen LogP contribution is -2.28. The summed E-state index contributed by atoms with van der Waals surface area (Å²) < 4.78 is 6.53. The minimum Gasteiger partial charge on any atom is -0.463 e. The van der Waals surface area contributed by atoms with Crippen LogP contribution in [-0.2, 0) is 0 Å². The molecule has 3 rings (SSSR count). The molecule has 1 aliphatic rings. The molecule has 1 fully saturated rings. The van der Waals surface area contributed by atoms with E-state index < -0.39 is 0 Å². The standard InChI is InChI=1S/C15H18N4O2S/c1-22-15-18-17-13(11-6-3-2-4-7-11)14(20)19(15)16-10-12-8-5-9-21-12/h5,8-11H,2-4,6-7H2,1H3/b16-10-. The van der Waals surface area contributed by atoms with Crippen LogP contribution in [0, 0.1) is 0 Å². The molecule has 6 nitrogen and oxygen atoms in total. The summed E-state index contributed by atoms with van der Waals surface area (Å²) in [6.07, 6.45) is 10.5. The predicted molar refractivity (Wildman–Crippen MR) is 85.6 cm³/mol. The van der Waals surface area contributed by atoms with Crippen molar-refractivity contribution in [1.29, 1.82) is 0 Å². The number of rotatable bonds is 4. The molecule has 0 unspecified atom stereocenters. The minimum absolute atomic E-state index is 0.172. The minimum atomic E-state index is -0.172. The zero-order chi connectivity index (χ0) is 15.4. The number of nitrogens with zero attached hydrogens (tertiary/aromatic N) is 4. The fourth-order valence-electron chi connectivity index (χ4n) is 2.72. The molecule has 0 bridgehead atoms. The number of aromatic nitrogens is 3. The van der Waals surface area contributed by atoms with Crippen molar-refractivity contribution in [3.05, 3.63) is 40.2 Å². The molecule has 116 valence electrons. The van der Waals surface area contributed by atoms with Crippen LogP contribution in [0.25, 0.3) is 0 Å². The van der Waals surface area contributed by atoms with Crippen molar-refractivity contribution in [3.8, 4) is 0 Å². The molecule has 0 radical (unpaired) electrons. The fourth-order valence-corrected chi connectivity index (χ4v) is 3.14. The number of hydrogen-bond acceptors (Lipinski definition) is 6. The van der Waals surface area contributed by atoms with Crippen molar-refractivity contribution in [2.24, 2.45) is 5.10 Å². The number of furan rings is 1. The zero-order valence-corrected chi connectivity index (χ0v) is 13.3. The Balaban J connectivity index is 1.97. The molecule has 0 spiro atoms. The second-order valence-electron chi connectivity index (χ2n) is 5.28. The van der Waals surface area contributed by atoms with E-state index in [-0.39, 0.29) is 11.5 Å². The van der Waals surface area contributed by atoms with Crippen LogP contribution in [0.1, 0.15) is 49.5 Å². The maximum absolute atomic E-state index is 12.7. The second kappa shape index (κ2) is 6.91. The van der Waals surface area contributed by atoms with E-state index in [4.69, 9.17) is 4.42 Å². The van der Waals surface area contributed by atoms with E-state index in [9.17, 15) is 4.79 Å². The van der Waals surface area contributed by atoms with Crippen LogP contribution in [0.4, 0.5) is 0 Å². The summed E-state index contributed by atoms with van der Waals surface area (Å²) in [4.78, 5) is 12.7. The highest BCUT2D eigenvalue weighted by Crippen LogP contribution is 2.29. The Labute approximate surface area is 132 Å². The van der Waals surface area contributed by atoms with Gasteiger partial charge in [-0.25, -0.2) is 0 Å². The van der Waals surface area contributed by atoms with E-state index in [1.165, 1.54) is 29.1 Å². The van der Waals surface area contributed by atoms with Gasteiger partial charge in [-0.2, -0.15) is 9.78 Å². The van der Waals surface area contributed by atoms with Gasteiger partial charge in [0.2, 0.25) is 5.16 Å². The van der Waals surface area contributed by atoms with Crippen molar-refractivity contribution < 1.29 is 4.42 Å². The molecule has 7 heteroatoms. The lowest BCUT2D eigenvalue weighted by atomic mass is 9.87. The van der Waals surface area contributed by atoms with Crippen LogP contribution in [-0.4, -0.2) is 27.3 Å². The third-order valence-corrected chi connectivity index (χ3v) is 4.47. The van der Waals surface area contributed by atoms with Crippen molar-refractivity contribution in [3.63, 3.8) is 0 Å². The van der Waals surface area contributed by atoms with Gasteiger partial charge >= 0.3 is 0 Å². The van der Waals surface area contributed by atoms with Gasteiger partial charge in [-0.1, -0.05) is 31.0 Å². The van der Waals surface area contributed by atoms with Gasteiger partial charge in [-0.3, -0.25) is 4.79 Å². The second-order valence-corrected chi connectivity index (χ2v) is 6.06. The van der Waals surface area contributed by atoms with E-state index in [1.807, 2.05) is 6.26 Å². The number of hydrogen-bond donors (Lipinski definition) is 0. The highest BCUT2D eigenvalue weighted by molar-refractivity contribution is 7.98. The van der Waals surface area contributed by atoms with Gasteiger partial charge in [0.1, 0.15) is 11.5 Å². The van der Waals surface area contributed by atoms with Gasteiger partial charge in [-0.15, -0.1) is 10.2 Å². The highest BCUT2D eigenvalue weighted by atomic mass is 32.2. The molecule has 2 aromatic heterocycles. The molecule has 0 N–H and O–H groups in total. The third-order valence-electron chi connectivity index (χ3n) is 3.85. The van der Waals surface area contributed by atoms with Gasteiger partial charge in [-0.05, 0) is 31.2 Å². The Kier molecular flexibility index (Phi) is 4.72. The molecule has 1 aliphatic carbocycles. The summed E-state index contributed by atoms with van der Waals surface area (Å²) in [6, 6.07) is 3.56. The van der Waals surface area contributed by atoms with Crippen molar-refractivity contribution in [2.45, 2.75) is 43.2 Å². The normalized spacial score (nSPS) is 16.4. The lowest BCUT2D eigenvalue weighted by molar-refractivity contribution is 0.422. The van der Waals surface area contributed by atoms with Crippen molar-refractivity contribution in [1.82, 2.24) is 14.9 Å². The smallest absolute Gasteiger partial charge is 0.297 e. The van der Waals surface area contributed by atoms with Crippen LogP contribution in [0.5, 0.6) is 0 Å². The molecule has 2 heterocycles. The van der Waals surface area contributed by atoms with Crippen molar-refractivity contribution >= 4 is 18.0 Å². The summed E-state index contributed by atoms with van der Waals surface area (Å²) in [5, 5.41) is 13.1. The largest absolute Gasteiger partial charge is 0.463 e. The molecule has 0 aromatic carbocycles. The van der Waals surface area contributed by atoms with Crippen LogP contribution < -0.4 is 5.56 Å². The van der Waals surface area contributed by atoms with Crippen molar-refractivity contribution in [2.75, 3.05) is 6.26 Å². The van der Waals surface area contributed by atoms with E-state index in [2.05, 4.69) is 15.3 Å². The summed E-state index contributed by atoms with van der Waals surface area (Å²) in [5.41, 5.74) is 0.364. The Bertz CT molecular complexity index is 703. The summed E-state index contributed by atoms with van der Waals surface area (Å²) >= 11 is 1.35. The first-order chi connectivity index (χ1) is 10.8. The van der Waals surface area contributed by atoms with Crippen LogP contribution in [0.3, 0.4) is 0 Å². The maximum atomic E-state index is 12.7. The molecular weight excluding hydrogens is 300 g/mol. The lowest BCUT2D eigenvalue weighted by Gasteiger charge is -2.20. The molecule has 0 saturated heterocycles. The van der Waals surface area contributed by atoms with Gasteiger partial charge in [0, 0.05) is 5.92 Å². The molecule has 0 atom stereocenters. The molecule has 0 amide bonds. The monoisotopic (exact) mass is 318 g/mol.